The summed E-state index contributed by atoms with van der Waals surface area (Å²) >= 11 is 6.31. The minimum absolute atomic E-state index is 0.208. The van der Waals surface area contributed by atoms with Gasteiger partial charge >= 0.3 is 6.18 Å². The second kappa shape index (κ2) is 12.4. The van der Waals surface area contributed by atoms with Crippen LogP contribution in [-0.4, -0.2) is 34.7 Å². The molecule has 3 heterocycles. The van der Waals surface area contributed by atoms with Crippen LogP contribution in [0, 0.1) is 16.7 Å². The summed E-state index contributed by atoms with van der Waals surface area (Å²) in [6, 6.07) is 5.61. The summed E-state index contributed by atoms with van der Waals surface area (Å²) in [5.41, 5.74) is 6.72. The van der Waals surface area contributed by atoms with Gasteiger partial charge in [0.2, 0.25) is 5.88 Å². The summed E-state index contributed by atoms with van der Waals surface area (Å²) in [4.78, 5) is 3.57. The summed E-state index contributed by atoms with van der Waals surface area (Å²) in [6.45, 7) is 2.64. The molecule has 2 aromatic rings. The van der Waals surface area contributed by atoms with Crippen LogP contribution in [0.15, 0.2) is 36.5 Å². The molecule has 36 heavy (non-hydrogen) atoms. The van der Waals surface area contributed by atoms with Crippen LogP contribution in [0.3, 0.4) is 0 Å². The third-order valence-corrected chi connectivity index (χ3v) is 6.25. The molecular formula is C25H31ClF3N5O2. The fraction of sp³-hybridized carbons (Fsp3) is 0.480. The normalized spacial score (nSPS) is 17.1. The van der Waals surface area contributed by atoms with Gasteiger partial charge in [0.25, 0.3) is 0 Å². The third-order valence-electron chi connectivity index (χ3n) is 5.97. The molecule has 0 spiro atoms. The van der Waals surface area contributed by atoms with Crippen molar-refractivity contribution in [2.45, 2.75) is 57.7 Å². The van der Waals surface area contributed by atoms with E-state index >= 15 is 0 Å². The van der Waals surface area contributed by atoms with Gasteiger partial charge in [-0.15, -0.1) is 0 Å². The second-order valence-corrected chi connectivity index (χ2v) is 9.09. The largest absolute Gasteiger partial charge is 0.469 e. The molecule has 2 aromatic heterocycles. The lowest BCUT2D eigenvalue weighted by atomic mass is 9.88. The summed E-state index contributed by atoms with van der Waals surface area (Å²) in [6.07, 6.45) is 4.84. The molecule has 196 valence electrons. The van der Waals surface area contributed by atoms with Crippen LogP contribution in [0.2, 0.25) is 5.15 Å². The van der Waals surface area contributed by atoms with E-state index in [4.69, 9.17) is 37.6 Å². The van der Waals surface area contributed by atoms with Crippen LogP contribution < -0.4 is 16.0 Å². The van der Waals surface area contributed by atoms with Crippen molar-refractivity contribution in [3.05, 3.63) is 58.3 Å². The van der Waals surface area contributed by atoms with Gasteiger partial charge in [0, 0.05) is 23.4 Å². The van der Waals surface area contributed by atoms with Crippen LogP contribution in [-0.2, 0) is 10.9 Å². The molecule has 11 heteroatoms. The molecule has 1 saturated carbocycles. The van der Waals surface area contributed by atoms with Gasteiger partial charge in [0.05, 0.1) is 13.2 Å². The minimum atomic E-state index is -4.44. The average Bonchev–Trinajstić information content (AvgIpc) is 2.81. The van der Waals surface area contributed by atoms with E-state index < -0.39 is 11.7 Å². The molecule has 0 bridgehead atoms. The lowest BCUT2D eigenvalue weighted by Crippen LogP contribution is -2.39. The van der Waals surface area contributed by atoms with Crippen molar-refractivity contribution in [3.63, 3.8) is 0 Å². The number of aromatic nitrogens is 2. The molecule has 2 fully saturated rings. The number of nitrogens with one attached hydrogen (secondary N) is 2. The van der Waals surface area contributed by atoms with E-state index in [0.29, 0.717) is 29.9 Å². The summed E-state index contributed by atoms with van der Waals surface area (Å²) < 4.78 is 48.8. The van der Waals surface area contributed by atoms with Crippen molar-refractivity contribution in [2.75, 3.05) is 13.2 Å². The average molecular weight is 526 g/mol. The van der Waals surface area contributed by atoms with Crippen molar-refractivity contribution in [3.8, 4) is 5.88 Å². The topological polar surface area (TPSA) is 110 Å². The Hall–Kier alpha value is -2.85. The van der Waals surface area contributed by atoms with E-state index in [9.17, 15) is 13.2 Å². The zero-order chi connectivity index (χ0) is 26.3. The van der Waals surface area contributed by atoms with Crippen LogP contribution in [0.1, 0.15) is 56.6 Å². The maximum atomic E-state index is 12.5. The van der Waals surface area contributed by atoms with E-state index in [2.05, 4.69) is 4.98 Å². The smallest absolute Gasteiger partial charge is 0.421 e. The molecule has 1 aliphatic heterocycles. The summed E-state index contributed by atoms with van der Waals surface area (Å²) in [5.74, 6) is 0.271. The van der Waals surface area contributed by atoms with Crippen LogP contribution in [0.5, 0.6) is 5.88 Å². The highest BCUT2D eigenvalue weighted by Crippen LogP contribution is 2.35. The zero-order valence-corrected chi connectivity index (χ0v) is 20.8. The van der Waals surface area contributed by atoms with E-state index in [1.54, 1.807) is 12.1 Å². The van der Waals surface area contributed by atoms with E-state index in [1.807, 2.05) is 13.0 Å². The first-order valence-electron chi connectivity index (χ1n) is 11.9. The van der Waals surface area contributed by atoms with Crippen molar-refractivity contribution < 1.29 is 22.6 Å². The number of pyridine rings is 2. The number of hydrogen-bond donors (Lipinski definition) is 3. The summed E-state index contributed by atoms with van der Waals surface area (Å²) in [5, 5.41) is 16.9. The molecule has 0 radical (unpaired) electrons. The van der Waals surface area contributed by atoms with Gasteiger partial charge in [-0.25, -0.2) is 4.98 Å². The number of nitrogens with two attached hydrogens (primary N) is 1. The Morgan fingerprint density at radius 2 is 1.97 bits per heavy atom. The zero-order valence-electron chi connectivity index (χ0n) is 20.1. The first-order valence-corrected chi connectivity index (χ1v) is 12.3. The Bertz CT molecular complexity index is 1140. The number of rotatable bonds is 5. The molecular weight excluding hydrogens is 495 g/mol. The molecule has 4 N–H and O–H groups in total. The number of halogens is 4. The Kier molecular flexibility index (Phi) is 9.56. The van der Waals surface area contributed by atoms with Gasteiger partial charge in [0.15, 0.2) is 0 Å². The summed E-state index contributed by atoms with van der Waals surface area (Å²) in [7, 11) is 0. The minimum Gasteiger partial charge on any atom is -0.469 e. The Morgan fingerprint density at radius 1 is 1.28 bits per heavy atom. The number of hydrogen-bond acceptors (Lipinski definition) is 6. The van der Waals surface area contributed by atoms with Gasteiger partial charge in [-0.1, -0.05) is 43.9 Å². The molecule has 1 aliphatic carbocycles. The predicted octanol–water partition coefficient (Wildman–Crippen LogP) is 5.61. The quantitative estimate of drug-likeness (QED) is 0.267. The van der Waals surface area contributed by atoms with Crippen LogP contribution in [0.25, 0.3) is 5.70 Å². The van der Waals surface area contributed by atoms with Crippen LogP contribution >= 0.6 is 11.6 Å². The number of nitrogens with zero attached hydrogens (tertiary/aromatic N) is 2. The molecule has 0 atom stereocenters. The van der Waals surface area contributed by atoms with Gasteiger partial charge < -0.3 is 15.2 Å². The maximum absolute atomic E-state index is 12.5. The van der Waals surface area contributed by atoms with E-state index in [-0.39, 0.29) is 23.4 Å². The molecule has 1 saturated heterocycles. The van der Waals surface area contributed by atoms with Gasteiger partial charge in [0.1, 0.15) is 28.1 Å². The van der Waals surface area contributed by atoms with Crippen molar-refractivity contribution >= 4 is 23.1 Å². The fourth-order valence-electron chi connectivity index (χ4n) is 4.01. The van der Waals surface area contributed by atoms with E-state index in [0.717, 1.165) is 43.7 Å². The SMILES string of the molecule is CCC=C(N)c1cc(Cl)n(C(=N)C2CCCCC2)c(=N)c1.FC(F)(F)c1cccnc1OC1COC1. The lowest BCUT2D eigenvalue weighted by Gasteiger charge is -2.27. The lowest BCUT2D eigenvalue weighted by molar-refractivity contribution is -0.142. The van der Waals surface area contributed by atoms with Gasteiger partial charge in [-0.3, -0.25) is 15.4 Å². The molecule has 0 unspecified atom stereocenters. The highest BCUT2D eigenvalue weighted by Gasteiger charge is 2.36. The molecule has 0 aromatic carbocycles. The highest BCUT2D eigenvalue weighted by molar-refractivity contribution is 6.30. The molecule has 0 amide bonds. The Morgan fingerprint density at radius 3 is 2.53 bits per heavy atom. The molecule has 2 aliphatic rings. The number of allylic oxidation sites excluding steroid dienone is 1. The molecule has 4 rings (SSSR count). The Balaban J connectivity index is 0.000000212. The van der Waals surface area contributed by atoms with Gasteiger partial charge in [-0.2, -0.15) is 13.2 Å². The number of alkyl halides is 3. The highest BCUT2D eigenvalue weighted by atomic mass is 35.5. The van der Waals surface area contributed by atoms with Crippen molar-refractivity contribution in [1.29, 1.82) is 10.8 Å². The molecule has 7 nitrogen and oxygen atoms in total. The Labute approximate surface area is 213 Å². The third kappa shape index (κ3) is 7.10. The first kappa shape index (κ1) is 27.7. The second-order valence-electron chi connectivity index (χ2n) is 8.71. The number of ether oxygens (including phenoxy) is 2. The fourth-order valence-corrected chi connectivity index (χ4v) is 4.31. The van der Waals surface area contributed by atoms with Crippen molar-refractivity contribution in [1.82, 2.24) is 9.55 Å². The van der Waals surface area contributed by atoms with Gasteiger partial charge in [-0.05, 0) is 43.5 Å². The monoisotopic (exact) mass is 525 g/mol. The first-order chi connectivity index (χ1) is 17.1. The van der Waals surface area contributed by atoms with Crippen molar-refractivity contribution in [2.24, 2.45) is 11.7 Å². The standard InChI is InChI=1S/C16H23ClN4.C9H8F3NO2/c1-2-6-13(18)12-9-14(17)21(15(19)10-12)16(20)11-7-4-3-5-8-11;10-9(11,12)7-2-1-3-13-8(7)15-6-4-14-5-6/h6,9-11,19-20H,2-5,7-8,18H2,1H3;1-3,6H,4-5H2. The maximum Gasteiger partial charge on any atom is 0.421 e. The van der Waals surface area contributed by atoms with E-state index in [1.165, 1.54) is 23.3 Å². The van der Waals surface area contributed by atoms with Crippen LogP contribution in [0.4, 0.5) is 13.2 Å². The predicted molar refractivity (Wildman–Crippen MR) is 132 cm³/mol.